The summed E-state index contributed by atoms with van der Waals surface area (Å²) in [6, 6.07) is 15.1. The molecular formula is C21H19N5OS. The highest BCUT2D eigenvalue weighted by molar-refractivity contribution is 7.22. The van der Waals surface area contributed by atoms with E-state index < -0.39 is 0 Å². The largest absolute Gasteiger partial charge is 0.324 e. The monoisotopic (exact) mass is 389 g/mol. The molecule has 0 radical (unpaired) electrons. The molecule has 0 aliphatic rings. The topological polar surface area (TPSA) is 79.8 Å². The van der Waals surface area contributed by atoms with Gasteiger partial charge in [0.2, 0.25) is 5.95 Å². The molecule has 0 saturated carbocycles. The van der Waals surface area contributed by atoms with Crippen LogP contribution in [-0.2, 0) is 0 Å². The maximum Gasteiger partial charge on any atom is 0.257 e. The van der Waals surface area contributed by atoms with Gasteiger partial charge < -0.3 is 5.32 Å². The molecule has 28 heavy (non-hydrogen) atoms. The highest BCUT2D eigenvalue weighted by Gasteiger charge is 2.11. The van der Waals surface area contributed by atoms with Crippen molar-refractivity contribution in [2.75, 3.05) is 10.6 Å². The van der Waals surface area contributed by atoms with Gasteiger partial charge in [0.15, 0.2) is 5.13 Å². The lowest BCUT2D eigenvalue weighted by Gasteiger charge is -2.07. The molecule has 0 saturated heterocycles. The summed E-state index contributed by atoms with van der Waals surface area (Å²) in [6.07, 6.45) is 0. The first-order chi connectivity index (χ1) is 13.5. The van der Waals surface area contributed by atoms with Gasteiger partial charge >= 0.3 is 0 Å². The van der Waals surface area contributed by atoms with Crippen molar-refractivity contribution in [2.24, 2.45) is 0 Å². The first-order valence-electron chi connectivity index (χ1n) is 8.85. The number of aromatic nitrogens is 3. The second-order valence-corrected chi connectivity index (χ2v) is 7.60. The van der Waals surface area contributed by atoms with Crippen LogP contribution in [0.4, 0.5) is 16.8 Å². The summed E-state index contributed by atoms with van der Waals surface area (Å²) in [5.74, 6) is 0.352. The number of carbonyl (C=O) groups is 1. The van der Waals surface area contributed by atoms with Crippen LogP contribution in [0.2, 0.25) is 0 Å². The lowest BCUT2D eigenvalue weighted by Crippen LogP contribution is -2.11. The molecule has 0 aliphatic carbocycles. The highest BCUT2D eigenvalue weighted by Crippen LogP contribution is 2.28. The van der Waals surface area contributed by atoms with Gasteiger partial charge in [-0.25, -0.2) is 15.0 Å². The molecule has 4 aromatic rings. The van der Waals surface area contributed by atoms with E-state index in [4.69, 9.17) is 0 Å². The summed E-state index contributed by atoms with van der Waals surface area (Å²) < 4.78 is 1.06. The van der Waals surface area contributed by atoms with E-state index in [1.165, 1.54) is 11.3 Å². The Morgan fingerprint density at radius 1 is 0.929 bits per heavy atom. The van der Waals surface area contributed by atoms with Crippen LogP contribution in [0.15, 0.2) is 48.5 Å². The van der Waals surface area contributed by atoms with E-state index in [2.05, 4.69) is 25.6 Å². The van der Waals surface area contributed by atoms with Gasteiger partial charge in [0.1, 0.15) is 0 Å². The molecule has 0 fully saturated rings. The molecule has 140 valence electrons. The number of rotatable bonds is 4. The fourth-order valence-electron chi connectivity index (χ4n) is 2.92. The number of nitrogens with one attached hydrogen (secondary N) is 2. The van der Waals surface area contributed by atoms with Gasteiger partial charge in [0, 0.05) is 22.6 Å². The molecule has 0 unspecified atom stereocenters. The Labute approximate surface area is 166 Å². The summed E-state index contributed by atoms with van der Waals surface area (Å²) in [7, 11) is 0. The van der Waals surface area contributed by atoms with Crippen LogP contribution in [0.25, 0.3) is 10.2 Å². The summed E-state index contributed by atoms with van der Waals surface area (Å²) in [6.45, 7) is 5.87. The molecule has 0 spiro atoms. The van der Waals surface area contributed by atoms with Crippen molar-refractivity contribution in [3.8, 4) is 0 Å². The zero-order valence-corrected chi connectivity index (χ0v) is 16.6. The quantitative estimate of drug-likeness (QED) is 0.513. The maximum atomic E-state index is 12.5. The SMILES string of the molecule is Cc1cc(C)nc(Nc2ccc(C(=O)Nc3nc4c(C)cccc4s3)cc2)n1. The molecule has 6 nitrogen and oxygen atoms in total. The average molecular weight is 389 g/mol. The number of anilines is 3. The third kappa shape index (κ3) is 3.84. The van der Waals surface area contributed by atoms with Crippen LogP contribution in [0.5, 0.6) is 0 Å². The number of nitrogens with zero attached hydrogens (tertiary/aromatic N) is 3. The molecule has 2 aromatic heterocycles. The van der Waals surface area contributed by atoms with Gasteiger partial charge in [-0.3, -0.25) is 10.1 Å². The maximum absolute atomic E-state index is 12.5. The normalized spacial score (nSPS) is 10.8. The zero-order valence-electron chi connectivity index (χ0n) is 15.8. The minimum absolute atomic E-state index is 0.189. The Bertz CT molecular complexity index is 1150. The average Bonchev–Trinajstić information content (AvgIpc) is 3.05. The number of amides is 1. The van der Waals surface area contributed by atoms with Gasteiger partial charge in [-0.05, 0) is 62.7 Å². The smallest absolute Gasteiger partial charge is 0.257 e. The van der Waals surface area contributed by atoms with Gasteiger partial charge in [-0.15, -0.1) is 0 Å². The van der Waals surface area contributed by atoms with Crippen molar-refractivity contribution in [1.29, 1.82) is 0 Å². The van der Waals surface area contributed by atoms with E-state index in [1.807, 2.05) is 57.2 Å². The lowest BCUT2D eigenvalue weighted by molar-refractivity contribution is 0.102. The fraction of sp³-hybridized carbons (Fsp3) is 0.143. The predicted octanol–water partition coefficient (Wildman–Crippen LogP) is 5.01. The van der Waals surface area contributed by atoms with E-state index in [0.717, 1.165) is 32.9 Å². The van der Waals surface area contributed by atoms with Crippen molar-refractivity contribution in [1.82, 2.24) is 15.0 Å². The number of thiazole rings is 1. The number of carbonyl (C=O) groups excluding carboxylic acids is 1. The van der Waals surface area contributed by atoms with Gasteiger partial charge in [0.25, 0.3) is 5.91 Å². The molecule has 2 heterocycles. The van der Waals surface area contributed by atoms with E-state index in [1.54, 1.807) is 12.1 Å². The van der Waals surface area contributed by atoms with Crippen LogP contribution in [-0.4, -0.2) is 20.9 Å². The molecule has 0 atom stereocenters. The number of hydrogen-bond donors (Lipinski definition) is 2. The van der Waals surface area contributed by atoms with Crippen molar-refractivity contribution in [2.45, 2.75) is 20.8 Å². The fourth-order valence-corrected chi connectivity index (χ4v) is 3.86. The van der Waals surface area contributed by atoms with Crippen LogP contribution in [0.3, 0.4) is 0 Å². The summed E-state index contributed by atoms with van der Waals surface area (Å²) >= 11 is 1.47. The number of para-hydroxylation sites is 1. The third-order valence-corrected chi connectivity index (χ3v) is 5.16. The van der Waals surface area contributed by atoms with E-state index in [0.29, 0.717) is 16.6 Å². The van der Waals surface area contributed by atoms with E-state index >= 15 is 0 Å². The Morgan fingerprint density at radius 2 is 1.64 bits per heavy atom. The van der Waals surface area contributed by atoms with Crippen molar-refractivity contribution >= 4 is 44.2 Å². The molecule has 2 aromatic carbocycles. The molecule has 0 aliphatic heterocycles. The predicted molar refractivity (Wildman–Crippen MR) is 114 cm³/mol. The Balaban J connectivity index is 1.48. The van der Waals surface area contributed by atoms with Gasteiger partial charge in [-0.1, -0.05) is 23.5 Å². The van der Waals surface area contributed by atoms with Crippen LogP contribution >= 0.6 is 11.3 Å². The number of hydrogen-bond acceptors (Lipinski definition) is 6. The molecular weight excluding hydrogens is 370 g/mol. The number of fused-ring (bicyclic) bond motifs is 1. The van der Waals surface area contributed by atoms with Crippen molar-refractivity contribution < 1.29 is 4.79 Å². The van der Waals surface area contributed by atoms with Gasteiger partial charge in [0.05, 0.1) is 10.2 Å². The highest BCUT2D eigenvalue weighted by atomic mass is 32.1. The van der Waals surface area contributed by atoms with E-state index in [-0.39, 0.29) is 5.91 Å². The Morgan fingerprint density at radius 3 is 2.32 bits per heavy atom. The summed E-state index contributed by atoms with van der Waals surface area (Å²) in [4.78, 5) is 25.8. The minimum Gasteiger partial charge on any atom is -0.324 e. The standard InChI is InChI=1S/C21H19N5OS/c1-12-5-4-6-17-18(12)25-21(28-17)26-19(27)15-7-9-16(10-8-15)24-20-22-13(2)11-14(3)23-20/h4-11H,1-3H3,(H,22,23,24)(H,25,26,27). The molecule has 2 N–H and O–H groups in total. The van der Waals surface area contributed by atoms with Crippen LogP contribution in [0, 0.1) is 20.8 Å². The summed E-state index contributed by atoms with van der Waals surface area (Å²) in [5.41, 5.74) is 5.20. The molecule has 4 rings (SSSR count). The second-order valence-electron chi connectivity index (χ2n) is 6.57. The molecule has 0 bridgehead atoms. The number of benzene rings is 2. The first-order valence-corrected chi connectivity index (χ1v) is 9.66. The second kappa shape index (κ2) is 7.36. The minimum atomic E-state index is -0.189. The molecule has 1 amide bonds. The summed E-state index contributed by atoms with van der Waals surface area (Å²) in [5, 5.41) is 6.64. The first kappa shape index (κ1) is 18.1. The van der Waals surface area contributed by atoms with Crippen molar-refractivity contribution in [3.63, 3.8) is 0 Å². The zero-order chi connectivity index (χ0) is 19.7. The third-order valence-electron chi connectivity index (χ3n) is 4.23. The molecule has 7 heteroatoms. The number of aryl methyl sites for hydroxylation is 3. The lowest BCUT2D eigenvalue weighted by atomic mass is 10.2. The van der Waals surface area contributed by atoms with Gasteiger partial charge in [-0.2, -0.15) is 0 Å². The Kier molecular flexibility index (Phi) is 4.75. The van der Waals surface area contributed by atoms with E-state index in [9.17, 15) is 4.79 Å². The van der Waals surface area contributed by atoms with Crippen LogP contribution in [0.1, 0.15) is 27.3 Å². The van der Waals surface area contributed by atoms with Crippen molar-refractivity contribution in [3.05, 3.63) is 71.0 Å². The van der Waals surface area contributed by atoms with Crippen LogP contribution < -0.4 is 10.6 Å². The Hall–Kier alpha value is -3.32.